The zero-order chi connectivity index (χ0) is 20.7. The number of amides is 1. The third kappa shape index (κ3) is 3.67. The zero-order valence-corrected chi connectivity index (χ0v) is 17.7. The first-order chi connectivity index (χ1) is 14.6. The van der Waals surface area contributed by atoms with Crippen molar-refractivity contribution in [3.05, 3.63) is 64.6 Å². The summed E-state index contributed by atoms with van der Waals surface area (Å²) in [5.74, 6) is 1.16. The first kappa shape index (κ1) is 19.1. The number of halogens is 1. The molecule has 3 aromatic rings. The summed E-state index contributed by atoms with van der Waals surface area (Å²) in [5.41, 5.74) is 4.15. The lowest BCUT2D eigenvalue weighted by molar-refractivity contribution is 0.102. The van der Waals surface area contributed by atoms with Gasteiger partial charge in [0.2, 0.25) is 0 Å². The van der Waals surface area contributed by atoms with Crippen LogP contribution in [0.5, 0.6) is 0 Å². The molecule has 0 bridgehead atoms. The van der Waals surface area contributed by atoms with Crippen molar-refractivity contribution in [3.8, 4) is 5.69 Å². The van der Waals surface area contributed by atoms with Gasteiger partial charge in [-0.05, 0) is 62.4 Å². The summed E-state index contributed by atoms with van der Waals surface area (Å²) in [6.07, 6.45) is 7.94. The molecule has 0 unspecified atom stereocenters. The topological polar surface area (TPSA) is 63.1 Å². The van der Waals surface area contributed by atoms with Crippen molar-refractivity contribution < 1.29 is 4.79 Å². The monoisotopic (exact) mass is 421 g/mol. The fourth-order valence-electron chi connectivity index (χ4n) is 3.99. The molecular formula is C23H24ClN5O. The molecule has 0 spiro atoms. The van der Waals surface area contributed by atoms with Crippen LogP contribution in [-0.4, -0.2) is 33.8 Å². The highest BCUT2D eigenvalue weighted by molar-refractivity contribution is 6.31. The number of aryl methyl sites for hydroxylation is 1. The number of aromatic nitrogens is 3. The van der Waals surface area contributed by atoms with E-state index in [4.69, 9.17) is 11.6 Å². The minimum absolute atomic E-state index is 0.155. The summed E-state index contributed by atoms with van der Waals surface area (Å²) in [4.78, 5) is 19.8. The van der Waals surface area contributed by atoms with Gasteiger partial charge in [0.1, 0.15) is 5.82 Å². The number of nitrogens with one attached hydrogen (secondary N) is 1. The number of benzene rings is 1. The average molecular weight is 422 g/mol. The lowest BCUT2D eigenvalue weighted by Gasteiger charge is -2.16. The van der Waals surface area contributed by atoms with Gasteiger partial charge >= 0.3 is 0 Å². The number of anilines is 2. The van der Waals surface area contributed by atoms with E-state index >= 15 is 0 Å². The van der Waals surface area contributed by atoms with Gasteiger partial charge in [0.25, 0.3) is 5.91 Å². The van der Waals surface area contributed by atoms with Crippen LogP contribution >= 0.6 is 11.6 Å². The smallest absolute Gasteiger partial charge is 0.259 e. The molecule has 1 saturated heterocycles. The Kier molecular flexibility index (Phi) is 4.95. The zero-order valence-electron chi connectivity index (χ0n) is 16.9. The third-order valence-corrected chi connectivity index (χ3v) is 6.26. The molecule has 1 N–H and O–H groups in total. The van der Waals surface area contributed by atoms with Crippen LogP contribution < -0.4 is 10.2 Å². The van der Waals surface area contributed by atoms with Crippen LogP contribution in [0.15, 0.2) is 42.7 Å². The van der Waals surface area contributed by atoms with E-state index in [1.807, 2.05) is 41.9 Å². The molecule has 154 valence electrons. The molecule has 1 aliphatic carbocycles. The molecule has 6 nitrogen and oxygen atoms in total. The van der Waals surface area contributed by atoms with Gasteiger partial charge in [0.15, 0.2) is 0 Å². The Bertz CT molecular complexity index is 1080. The van der Waals surface area contributed by atoms with E-state index in [9.17, 15) is 4.79 Å². The van der Waals surface area contributed by atoms with E-state index < -0.39 is 0 Å². The maximum Gasteiger partial charge on any atom is 0.259 e. The first-order valence-electron chi connectivity index (χ1n) is 10.5. The Morgan fingerprint density at radius 1 is 1.13 bits per heavy atom. The summed E-state index contributed by atoms with van der Waals surface area (Å²) in [6.45, 7) is 4.07. The van der Waals surface area contributed by atoms with Crippen LogP contribution in [-0.2, 0) is 0 Å². The Morgan fingerprint density at radius 3 is 2.60 bits per heavy atom. The second kappa shape index (κ2) is 7.76. The normalized spacial score (nSPS) is 16.1. The summed E-state index contributed by atoms with van der Waals surface area (Å²) >= 11 is 6.32. The Balaban J connectivity index is 1.39. The van der Waals surface area contributed by atoms with E-state index in [-0.39, 0.29) is 5.91 Å². The maximum atomic E-state index is 13.0. The fraction of sp³-hybridized carbons (Fsp3) is 0.348. The largest absolute Gasteiger partial charge is 0.357 e. The molecule has 1 amide bonds. The predicted molar refractivity (Wildman–Crippen MR) is 119 cm³/mol. The van der Waals surface area contributed by atoms with Gasteiger partial charge in [0.05, 0.1) is 35.0 Å². The Morgan fingerprint density at radius 2 is 1.93 bits per heavy atom. The third-order valence-electron chi connectivity index (χ3n) is 5.85. The van der Waals surface area contributed by atoms with Crippen LogP contribution in [0.3, 0.4) is 0 Å². The minimum atomic E-state index is -0.155. The average Bonchev–Trinajstić information content (AvgIpc) is 3.26. The molecule has 0 radical (unpaired) electrons. The second-order valence-corrected chi connectivity index (χ2v) is 8.52. The predicted octanol–water partition coefficient (Wildman–Crippen LogP) is 4.96. The number of hydrogen-bond donors (Lipinski definition) is 1. The number of rotatable bonds is 5. The molecule has 1 aliphatic heterocycles. The molecule has 1 saturated carbocycles. The summed E-state index contributed by atoms with van der Waals surface area (Å²) < 4.78 is 1.85. The number of hydrogen-bond acceptors (Lipinski definition) is 4. The van der Waals surface area contributed by atoms with Crippen LogP contribution in [0.2, 0.25) is 5.02 Å². The molecule has 7 heteroatoms. The van der Waals surface area contributed by atoms with Crippen LogP contribution in [0.4, 0.5) is 11.5 Å². The van der Waals surface area contributed by atoms with Crippen molar-refractivity contribution in [3.63, 3.8) is 0 Å². The Hall–Kier alpha value is -2.86. The number of carbonyl (C=O) groups is 1. The van der Waals surface area contributed by atoms with Crippen molar-refractivity contribution >= 4 is 29.0 Å². The molecule has 0 atom stereocenters. The quantitative estimate of drug-likeness (QED) is 0.632. The lowest BCUT2D eigenvalue weighted by Crippen LogP contribution is -2.19. The second-order valence-electron chi connectivity index (χ2n) is 8.12. The molecule has 30 heavy (non-hydrogen) atoms. The lowest BCUT2D eigenvalue weighted by atomic mass is 10.1. The first-order valence-corrected chi connectivity index (χ1v) is 10.8. The van der Waals surface area contributed by atoms with Gasteiger partial charge in [-0.1, -0.05) is 17.7 Å². The van der Waals surface area contributed by atoms with Gasteiger partial charge in [-0.3, -0.25) is 4.79 Å². The van der Waals surface area contributed by atoms with Crippen molar-refractivity contribution in [2.24, 2.45) is 0 Å². The van der Waals surface area contributed by atoms with E-state index in [0.29, 0.717) is 22.2 Å². The van der Waals surface area contributed by atoms with Gasteiger partial charge in [-0.2, -0.15) is 5.10 Å². The number of carbonyl (C=O) groups excluding carboxylic acids is 1. The van der Waals surface area contributed by atoms with E-state index in [1.54, 1.807) is 12.4 Å². The van der Waals surface area contributed by atoms with Crippen LogP contribution in [0.25, 0.3) is 5.69 Å². The highest BCUT2D eigenvalue weighted by Crippen LogP contribution is 2.42. The molecule has 5 rings (SSSR count). The standard InChI is InChI=1S/C23H24ClN5O/c1-15-4-8-18(12-20(15)24)29-22(16-5-6-16)19(14-26-29)23(30)27-17-7-9-21(25-13-17)28-10-2-3-11-28/h4,7-9,12-14,16H,2-3,5-6,10-11H2,1H3,(H,27,30). The summed E-state index contributed by atoms with van der Waals surface area (Å²) in [6, 6.07) is 9.75. The highest BCUT2D eigenvalue weighted by atomic mass is 35.5. The van der Waals surface area contributed by atoms with E-state index in [0.717, 1.165) is 48.7 Å². The van der Waals surface area contributed by atoms with Crippen molar-refractivity contribution in [2.45, 2.75) is 38.5 Å². The number of pyridine rings is 1. The van der Waals surface area contributed by atoms with Gasteiger partial charge in [-0.25, -0.2) is 9.67 Å². The molecule has 2 aliphatic rings. The molecule has 3 heterocycles. The van der Waals surface area contributed by atoms with Crippen molar-refractivity contribution in [2.75, 3.05) is 23.3 Å². The van der Waals surface area contributed by atoms with Crippen molar-refractivity contribution in [1.29, 1.82) is 0 Å². The minimum Gasteiger partial charge on any atom is -0.357 e. The fourth-order valence-corrected chi connectivity index (χ4v) is 4.17. The summed E-state index contributed by atoms with van der Waals surface area (Å²) in [5, 5.41) is 8.20. The van der Waals surface area contributed by atoms with Gasteiger partial charge < -0.3 is 10.2 Å². The van der Waals surface area contributed by atoms with Crippen molar-refractivity contribution in [1.82, 2.24) is 14.8 Å². The maximum absolute atomic E-state index is 13.0. The number of nitrogens with zero attached hydrogens (tertiary/aromatic N) is 4. The SMILES string of the molecule is Cc1ccc(-n2ncc(C(=O)Nc3ccc(N4CCCC4)nc3)c2C2CC2)cc1Cl. The molecule has 2 fully saturated rings. The molecule has 2 aromatic heterocycles. The van der Waals surface area contributed by atoms with Crippen LogP contribution in [0.1, 0.15) is 53.2 Å². The Labute approximate surface area is 180 Å². The van der Waals surface area contributed by atoms with Gasteiger partial charge in [0, 0.05) is 24.0 Å². The van der Waals surface area contributed by atoms with E-state index in [1.165, 1.54) is 12.8 Å². The molecule has 1 aromatic carbocycles. The summed E-state index contributed by atoms with van der Waals surface area (Å²) in [7, 11) is 0. The highest BCUT2D eigenvalue weighted by Gasteiger charge is 2.33. The van der Waals surface area contributed by atoms with Crippen LogP contribution in [0, 0.1) is 6.92 Å². The molecular weight excluding hydrogens is 398 g/mol. The van der Waals surface area contributed by atoms with Gasteiger partial charge in [-0.15, -0.1) is 0 Å². The van der Waals surface area contributed by atoms with E-state index in [2.05, 4.69) is 20.3 Å².